The van der Waals surface area contributed by atoms with Crippen LogP contribution in [0.4, 0.5) is 0 Å². The smallest absolute Gasteiger partial charge is 0.0829 e. The quantitative estimate of drug-likeness (QED) is 0.685. The lowest BCUT2D eigenvalue weighted by atomic mass is 10.1. The summed E-state index contributed by atoms with van der Waals surface area (Å²) in [6.07, 6.45) is 4.19. The summed E-state index contributed by atoms with van der Waals surface area (Å²) in [5.41, 5.74) is 1.11. The fourth-order valence-corrected chi connectivity index (χ4v) is 1.19. The van der Waals surface area contributed by atoms with Crippen LogP contribution in [0.1, 0.15) is 32.9 Å². The highest BCUT2D eigenvalue weighted by molar-refractivity contribution is 4.92. The molecule has 1 aromatic heterocycles. The summed E-state index contributed by atoms with van der Waals surface area (Å²) < 4.78 is 1.91. The maximum absolute atomic E-state index is 4.09. The Kier molecular flexibility index (Phi) is 3.26. The molecule has 0 N–H and O–H groups in total. The van der Waals surface area contributed by atoms with Crippen LogP contribution in [0.5, 0.6) is 0 Å². The Labute approximate surface area is 73.8 Å². The van der Waals surface area contributed by atoms with Crippen molar-refractivity contribution in [3.63, 3.8) is 0 Å². The van der Waals surface area contributed by atoms with Crippen molar-refractivity contribution in [2.45, 2.75) is 40.2 Å². The molecule has 0 bridgehead atoms. The van der Waals surface area contributed by atoms with Gasteiger partial charge >= 0.3 is 0 Å². The van der Waals surface area contributed by atoms with Crippen molar-refractivity contribution in [2.75, 3.05) is 0 Å². The molecule has 0 aliphatic heterocycles. The third kappa shape index (κ3) is 2.64. The van der Waals surface area contributed by atoms with Gasteiger partial charge in [0.2, 0.25) is 0 Å². The van der Waals surface area contributed by atoms with Crippen LogP contribution in [0.25, 0.3) is 0 Å². The first kappa shape index (κ1) is 9.23. The molecule has 0 fully saturated rings. The fourth-order valence-electron chi connectivity index (χ4n) is 1.19. The molecular weight excluding hydrogens is 150 g/mol. The molecule has 1 aromatic rings. The van der Waals surface area contributed by atoms with E-state index in [4.69, 9.17) is 0 Å². The zero-order valence-corrected chi connectivity index (χ0v) is 8.12. The second kappa shape index (κ2) is 4.24. The van der Waals surface area contributed by atoms with Gasteiger partial charge in [-0.2, -0.15) is 0 Å². The van der Waals surface area contributed by atoms with Gasteiger partial charge in [-0.05, 0) is 18.8 Å². The standard InChI is InChI=1S/C9H17N3/c1-4-5-12-7-9(10-11-12)6-8(2)3/h7-8H,4-6H2,1-3H3. The van der Waals surface area contributed by atoms with Crippen molar-refractivity contribution in [3.05, 3.63) is 11.9 Å². The molecule has 0 aromatic carbocycles. The lowest BCUT2D eigenvalue weighted by Crippen LogP contribution is -1.96. The molecule has 0 saturated heterocycles. The molecule has 0 amide bonds. The van der Waals surface area contributed by atoms with E-state index in [9.17, 15) is 0 Å². The Bertz CT molecular complexity index is 227. The first-order valence-corrected chi connectivity index (χ1v) is 4.61. The number of aromatic nitrogens is 3. The van der Waals surface area contributed by atoms with E-state index in [1.807, 2.05) is 10.9 Å². The van der Waals surface area contributed by atoms with E-state index in [1.165, 1.54) is 0 Å². The Morgan fingerprint density at radius 2 is 2.25 bits per heavy atom. The minimum absolute atomic E-state index is 0.664. The minimum Gasteiger partial charge on any atom is -0.252 e. The first-order valence-electron chi connectivity index (χ1n) is 4.61. The topological polar surface area (TPSA) is 30.7 Å². The Hall–Kier alpha value is -0.860. The van der Waals surface area contributed by atoms with Crippen LogP contribution in [0, 0.1) is 5.92 Å². The van der Waals surface area contributed by atoms with Crippen LogP contribution in [-0.2, 0) is 13.0 Å². The average molecular weight is 167 g/mol. The second-order valence-corrected chi connectivity index (χ2v) is 3.57. The molecule has 0 aliphatic rings. The highest BCUT2D eigenvalue weighted by Crippen LogP contribution is 2.03. The maximum Gasteiger partial charge on any atom is 0.0829 e. The molecule has 1 rings (SSSR count). The second-order valence-electron chi connectivity index (χ2n) is 3.57. The molecule has 0 spiro atoms. The van der Waals surface area contributed by atoms with E-state index in [0.29, 0.717) is 5.92 Å². The summed E-state index contributed by atoms with van der Waals surface area (Å²) in [5, 5.41) is 8.11. The summed E-state index contributed by atoms with van der Waals surface area (Å²) in [6, 6.07) is 0. The molecule has 1 heterocycles. The third-order valence-electron chi connectivity index (χ3n) is 1.66. The van der Waals surface area contributed by atoms with Crippen molar-refractivity contribution in [2.24, 2.45) is 5.92 Å². The third-order valence-corrected chi connectivity index (χ3v) is 1.66. The molecule has 12 heavy (non-hydrogen) atoms. The molecule has 3 nitrogen and oxygen atoms in total. The normalized spacial score (nSPS) is 11.0. The van der Waals surface area contributed by atoms with Crippen molar-refractivity contribution in [3.8, 4) is 0 Å². The average Bonchev–Trinajstić information content (AvgIpc) is 2.36. The number of aryl methyl sites for hydroxylation is 1. The van der Waals surface area contributed by atoms with Crippen LogP contribution in [-0.4, -0.2) is 15.0 Å². The molecule has 0 unspecified atom stereocenters. The van der Waals surface area contributed by atoms with Crippen LogP contribution in [0.2, 0.25) is 0 Å². The van der Waals surface area contributed by atoms with Gasteiger partial charge in [0.15, 0.2) is 0 Å². The SMILES string of the molecule is CCCn1cc(CC(C)C)nn1. The van der Waals surface area contributed by atoms with Crippen LogP contribution in [0.15, 0.2) is 6.20 Å². The molecule has 0 radical (unpaired) electrons. The molecule has 0 saturated carbocycles. The lowest BCUT2D eigenvalue weighted by Gasteiger charge is -1.97. The van der Waals surface area contributed by atoms with Gasteiger partial charge in [-0.3, -0.25) is 4.68 Å². The number of rotatable bonds is 4. The van der Waals surface area contributed by atoms with E-state index >= 15 is 0 Å². The summed E-state index contributed by atoms with van der Waals surface area (Å²) in [7, 11) is 0. The van der Waals surface area contributed by atoms with Gasteiger partial charge in [0.25, 0.3) is 0 Å². The fraction of sp³-hybridized carbons (Fsp3) is 0.778. The van der Waals surface area contributed by atoms with Crippen molar-refractivity contribution in [1.29, 1.82) is 0 Å². The zero-order valence-electron chi connectivity index (χ0n) is 8.12. The Balaban J connectivity index is 2.52. The Morgan fingerprint density at radius 1 is 1.50 bits per heavy atom. The first-order chi connectivity index (χ1) is 5.72. The molecule has 68 valence electrons. The van der Waals surface area contributed by atoms with Gasteiger partial charge in [0.05, 0.1) is 5.69 Å². The van der Waals surface area contributed by atoms with Crippen molar-refractivity contribution < 1.29 is 0 Å². The van der Waals surface area contributed by atoms with Gasteiger partial charge in [-0.25, -0.2) is 0 Å². The number of hydrogen-bond acceptors (Lipinski definition) is 2. The zero-order chi connectivity index (χ0) is 8.97. The van der Waals surface area contributed by atoms with E-state index in [1.54, 1.807) is 0 Å². The van der Waals surface area contributed by atoms with Gasteiger partial charge in [-0.1, -0.05) is 26.0 Å². The largest absolute Gasteiger partial charge is 0.252 e. The maximum atomic E-state index is 4.09. The van der Waals surface area contributed by atoms with E-state index < -0.39 is 0 Å². The molecular formula is C9H17N3. The van der Waals surface area contributed by atoms with Crippen LogP contribution < -0.4 is 0 Å². The summed E-state index contributed by atoms with van der Waals surface area (Å²) in [5.74, 6) is 0.664. The number of nitrogens with zero attached hydrogens (tertiary/aromatic N) is 3. The molecule has 3 heteroatoms. The van der Waals surface area contributed by atoms with E-state index in [-0.39, 0.29) is 0 Å². The number of hydrogen-bond donors (Lipinski definition) is 0. The van der Waals surface area contributed by atoms with Crippen molar-refractivity contribution in [1.82, 2.24) is 15.0 Å². The van der Waals surface area contributed by atoms with Gasteiger partial charge in [-0.15, -0.1) is 5.10 Å². The van der Waals surface area contributed by atoms with Gasteiger partial charge < -0.3 is 0 Å². The predicted octanol–water partition coefficient (Wildman–Crippen LogP) is 1.89. The summed E-state index contributed by atoms with van der Waals surface area (Å²) >= 11 is 0. The van der Waals surface area contributed by atoms with Crippen molar-refractivity contribution >= 4 is 0 Å². The highest BCUT2D eigenvalue weighted by atomic mass is 15.4. The highest BCUT2D eigenvalue weighted by Gasteiger charge is 2.01. The lowest BCUT2D eigenvalue weighted by molar-refractivity contribution is 0.578. The summed E-state index contributed by atoms with van der Waals surface area (Å²) in [4.78, 5) is 0. The molecule has 0 atom stereocenters. The summed E-state index contributed by atoms with van der Waals surface area (Å²) in [6.45, 7) is 7.51. The van der Waals surface area contributed by atoms with Crippen LogP contribution in [0.3, 0.4) is 0 Å². The minimum atomic E-state index is 0.664. The van der Waals surface area contributed by atoms with Crippen LogP contribution >= 0.6 is 0 Å². The predicted molar refractivity (Wildman–Crippen MR) is 48.9 cm³/mol. The van der Waals surface area contributed by atoms with Gasteiger partial charge in [0.1, 0.15) is 0 Å². The van der Waals surface area contributed by atoms with E-state index in [2.05, 4.69) is 31.1 Å². The van der Waals surface area contributed by atoms with E-state index in [0.717, 1.165) is 25.1 Å². The monoisotopic (exact) mass is 167 g/mol. The Morgan fingerprint density at radius 3 is 2.83 bits per heavy atom. The van der Waals surface area contributed by atoms with Gasteiger partial charge in [0, 0.05) is 12.7 Å². The molecule has 0 aliphatic carbocycles.